The number of amides is 1. The first kappa shape index (κ1) is 21.5. The van der Waals surface area contributed by atoms with Crippen LogP contribution in [0.3, 0.4) is 0 Å². The van der Waals surface area contributed by atoms with Crippen molar-refractivity contribution < 1.29 is 22.3 Å². The van der Waals surface area contributed by atoms with E-state index < -0.39 is 15.7 Å². The number of carbonyl (C=O) groups excluding carboxylic acids is 1. The van der Waals surface area contributed by atoms with Crippen molar-refractivity contribution in [2.24, 2.45) is 0 Å². The van der Waals surface area contributed by atoms with E-state index in [2.05, 4.69) is 0 Å². The molecule has 6 nitrogen and oxygen atoms in total. The van der Waals surface area contributed by atoms with Gasteiger partial charge in [0.15, 0.2) is 9.84 Å². The first-order valence-electron chi connectivity index (χ1n) is 9.48. The van der Waals surface area contributed by atoms with E-state index in [1.165, 1.54) is 17.0 Å². The highest BCUT2D eigenvalue weighted by molar-refractivity contribution is 7.91. The smallest absolute Gasteiger partial charge is 0.236 e. The molecular weight excluding hydrogens is 407 g/mol. The standard InChI is InChI=1S/C19H26ClFN2O4S/c1-22(11-16-17(20)5-2-6-18(16)21)19(24)12-23(10-15-4-3-8-27-15)14-7-9-28(25,26)13-14/h2,5-6,14-15H,3-4,7-13H2,1H3. The largest absolute Gasteiger partial charge is 0.377 e. The number of likely N-dealkylation sites (N-methyl/N-ethyl adjacent to an activating group) is 1. The topological polar surface area (TPSA) is 66.9 Å². The van der Waals surface area contributed by atoms with Gasteiger partial charge in [0, 0.05) is 43.4 Å². The summed E-state index contributed by atoms with van der Waals surface area (Å²) in [4.78, 5) is 16.1. The van der Waals surface area contributed by atoms with Crippen LogP contribution in [-0.2, 0) is 25.9 Å². The van der Waals surface area contributed by atoms with Crippen LogP contribution in [0.25, 0.3) is 0 Å². The van der Waals surface area contributed by atoms with Gasteiger partial charge in [0.2, 0.25) is 5.91 Å². The Morgan fingerprint density at radius 2 is 2.14 bits per heavy atom. The molecule has 2 atom stereocenters. The van der Waals surface area contributed by atoms with Gasteiger partial charge in [-0.1, -0.05) is 17.7 Å². The van der Waals surface area contributed by atoms with Crippen molar-refractivity contribution in [3.8, 4) is 0 Å². The van der Waals surface area contributed by atoms with Crippen LogP contribution >= 0.6 is 11.6 Å². The van der Waals surface area contributed by atoms with Crippen LogP contribution in [0.1, 0.15) is 24.8 Å². The Hall–Kier alpha value is -1.22. The number of hydrogen-bond donors (Lipinski definition) is 0. The molecule has 2 unspecified atom stereocenters. The lowest BCUT2D eigenvalue weighted by Crippen LogP contribution is -2.47. The van der Waals surface area contributed by atoms with Crippen LogP contribution in [0.2, 0.25) is 5.02 Å². The second-order valence-corrected chi connectivity index (χ2v) is 10.2. The fourth-order valence-corrected chi connectivity index (χ4v) is 5.74. The van der Waals surface area contributed by atoms with E-state index in [-0.39, 0.29) is 53.2 Å². The number of ether oxygens (including phenoxy) is 1. The van der Waals surface area contributed by atoms with Gasteiger partial charge >= 0.3 is 0 Å². The van der Waals surface area contributed by atoms with E-state index in [4.69, 9.17) is 16.3 Å². The highest BCUT2D eigenvalue weighted by atomic mass is 35.5. The molecule has 1 aromatic carbocycles. The molecule has 0 spiro atoms. The summed E-state index contributed by atoms with van der Waals surface area (Å²) >= 11 is 6.06. The minimum absolute atomic E-state index is 0.0161. The Kier molecular flexibility index (Phi) is 6.96. The van der Waals surface area contributed by atoms with Gasteiger partial charge in [0.1, 0.15) is 5.82 Å². The van der Waals surface area contributed by atoms with Gasteiger partial charge in [-0.05, 0) is 31.4 Å². The summed E-state index contributed by atoms with van der Waals surface area (Å²) in [6.07, 6.45) is 2.42. The van der Waals surface area contributed by atoms with Crippen LogP contribution < -0.4 is 0 Å². The fourth-order valence-electron chi connectivity index (χ4n) is 3.76. The molecule has 3 rings (SSSR count). The lowest BCUT2D eigenvalue weighted by molar-refractivity contribution is -0.132. The molecular formula is C19H26ClFN2O4S. The van der Waals surface area contributed by atoms with Crippen LogP contribution in [0, 0.1) is 5.82 Å². The minimum Gasteiger partial charge on any atom is -0.377 e. The summed E-state index contributed by atoms with van der Waals surface area (Å²) in [6, 6.07) is 4.23. The quantitative estimate of drug-likeness (QED) is 0.660. The number of hydrogen-bond acceptors (Lipinski definition) is 5. The van der Waals surface area contributed by atoms with Crippen molar-refractivity contribution in [3.05, 3.63) is 34.6 Å². The summed E-state index contributed by atoms with van der Waals surface area (Å²) in [6.45, 7) is 1.35. The molecule has 2 fully saturated rings. The Labute approximate surface area is 170 Å². The number of carbonyl (C=O) groups is 1. The lowest BCUT2D eigenvalue weighted by Gasteiger charge is -2.31. The molecule has 1 aromatic rings. The van der Waals surface area contributed by atoms with Crippen molar-refractivity contribution >= 4 is 27.3 Å². The number of rotatable bonds is 7. The van der Waals surface area contributed by atoms with E-state index in [0.29, 0.717) is 19.6 Å². The first-order valence-corrected chi connectivity index (χ1v) is 11.7. The number of benzene rings is 1. The van der Waals surface area contributed by atoms with E-state index in [1.54, 1.807) is 13.1 Å². The van der Waals surface area contributed by atoms with Gasteiger partial charge in [-0.3, -0.25) is 9.69 Å². The van der Waals surface area contributed by atoms with E-state index in [0.717, 1.165) is 12.8 Å². The normalized spacial score (nSPS) is 24.0. The van der Waals surface area contributed by atoms with Crippen LogP contribution in [-0.4, -0.2) is 74.5 Å². The van der Waals surface area contributed by atoms with Crippen LogP contribution in [0.4, 0.5) is 4.39 Å². The summed E-state index contributed by atoms with van der Waals surface area (Å²) < 4.78 is 43.5. The third-order valence-electron chi connectivity index (χ3n) is 5.41. The second-order valence-electron chi connectivity index (χ2n) is 7.57. The molecule has 0 aromatic heterocycles. The molecule has 0 aliphatic carbocycles. The van der Waals surface area contributed by atoms with Gasteiger partial charge in [-0.2, -0.15) is 0 Å². The summed E-state index contributed by atoms with van der Waals surface area (Å²) in [7, 11) is -1.47. The maximum absolute atomic E-state index is 14.0. The summed E-state index contributed by atoms with van der Waals surface area (Å²) in [5, 5.41) is 0.276. The average molecular weight is 433 g/mol. The second kappa shape index (κ2) is 9.07. The highest BCUT2D eigenvalue weighted by Crippen LogP contribution is 2.23. The Morgan fingerprint density at radius 3 is 2.75 bits per heavy atom. The zero-order valence-electron chi connectivity index (χ0n) is 15.9. The molecule has 2 heterocycles. The number of nitrogens with zero attached hydrogens (tertiary/aromatic N) is 2. The van der Waals surface area contributed by atoms with Gasteiger partial charge in [0.05, 0.1) is 24.2 Å². The Balaban J connectivity index is 1.67. The molecule has 0 saturated carbocycles. The molecule has 156 valence electrons. The number of halogens is 2. The van der Waals surface area contributed by atoms with E-state index in [9.17, 15) is 17.6 Å². The van der Waals surface area contributed by atoms with Gasteiger partial charge in [-0.25, -0.2) is 12.8 Å². The number of sulfone groups is 1. The maximum atomic E-state index is 14.0. The van der Waals surface area contributed by atoms with E-state index in [1.807, 2.05) is 4.90 Å². The third-order valence-corrected chi connectivity index (χ3v) is 7.51. The predicted molar refractivity (Wildman–Crippen MR) is 105 cm³/mol. The van der Waals surface area contributed by atoms with Gasteiger partial charge in [-0.15, -0.1) is 0 Å². The van der Waals surface area contributed by atoms with Crippen molar-refractivity contribution in [1.82, 2.24) is 9.80 Å². The van der Waals surface area contributed by atoms with Crippen molar-refractivity contribution in [1.29, 1.82) is 0 Å². The molecule has 1 amide bonds. The molecule has 2 aliphatic heterocycles. The molecule has 2 aliphatic rings. The molecule has 2 saturated heterocycles. The average Bonchev–Trinajstić information content (AvgIpc) is 3.26. The van der Waals surface area contributed by atoms with Crippen LogP contribution in [0.5, 0.6) is 0 Å². The monoisotopic (exact) mass is 432 g/mol. The molecule has 0 radical (unpaired) electrons. The van der Waals surface area contributed by atoms with Gasteiger partial charge < -0.3 is 9.64 Å². The highest BCUT2D eigenvalue weighted by Gasteiger charge is 2.35. The van der Waals surface area contributed by atoms with Crippen molar-refractivity contribution in [3.63, 3.8) is 0 Å². The fraction of sp³-hybridized carbons (Fsp3) is 0.632. The van der Waals surface area contributed by atoms with Crippen LogP contribution in [0.15, 0.2) is 18.2 Å². The Bertz CT molecular complexity index is 794. The maximum Gasteiger partial charge on any atom is 0.236 e. The lowest BCUT2D eigenvalue weighted by atomic mass is 10.1. The van der Waals surface area contributed by atoms with Gasteiger partial charge in [0.25, 0.3) is 0 Å². The minimum atomic E-state index is -3.06. The summed E-state index contributed by atoms with van der Waals surface area (Å²) in [5.41, 5.74) is 0.272. The molecule has 0 N–H and O–H groups in total. The zero-order valence-corrected chi connectivity index (χ0v) is 17.5. The first-order chi connectivity index (χ1) is 13.2. The summed E-state index contributed by atoms with van der Waals surface area (Å²) in [5.74, 6) is -0.448. The van der Waals surface area contributed by atoms with Crippen molar-refractivity contribution in [2.75, 3.05) is 38.2 Å². The zero-order chi connectivity index (χ0) is 20.3. The molecule has 9 heteroatoms. The molecule has 0 bridgehead atoms. The molecule has 28 heavy (non-hydrogen) atoms. The SMILES string of the molecule is CN(Cc1c(F)cccc1Cl)C(=O)CN(CC1CCCO1)C1CCS(=O)(=O)C1. The predicted octanol–water partition coefficient (Wildman–Crippen LogP) is 2.11. The third kappa shape index (κ3) is 5.43. The van der Waals surface area contributed by atoms with Crippen molar-refractivity contribution in [2.45, 2.75) is 38.0 Å². The van der Waals surface area contributed by atoms with E-state index >= 15 is 0 Å². The Morgan fingerprint density at radius 1 is 1.36 bits per heavy atom.